The molecule has 0 aromatic rings. The average molecular weight is 258 g/mol. The summed E-state index contributed by atoms with van der Waals surface area (Å²) in [6, 6.07) is -0.229. The fourth-order valence-electron chi connectivity index (χ4n) is 2.02. The van der Waals surface area contributed by atoms with Gasteiger partial charge in [-0.15, -0.1) is 0 Å². The molecule has 0 radical (unpaired) electrons. The van der Waals surface area contributed by atoms with E-state index in [0.29, 0.717) is 32.5 Å². The molecule has 2 amide bonds. The van der Waals surface area contributed by atoms with Crippen LogP contribution in [0.25, 0.3) is 0 Å². The van der Waals surface area contributed by atoms with Gasteiger partial charge in [0.25, 0.3) is 0 Å². The minimum atomic E-state index is -0.856. The van der Waals surface area contributed by atoms with Crippen LogP contribution in [0.5, 0.6) is 0 Å². The molecule has 1 heterocycles. The Balaban J connectivity index is 2.30. The number of nitrogens with one attached hydrogen (secondary N) is 1. The number of hydrogen-bond donors (Lipinski definition) is 3. The lowest BCUT2D eigenvalue weighted by atomic mass is 9.95. The summed E-state index contributed by atoms with van der Waals surface area (Å²) >= 11 is 0. The minimum absolute atomic E-state index is 0.229. The van der Waals surface area contributed by atoms with E-state index in [1.807, 2.05) is 0 Å². The number of carbonyl (C=O) groups is 2. The molecule has 0 aromatic carbocycles. The Hall–Kier alpha value is -1.30. The van der Waals surface area contributed by atoms with Crippen molar-refractivity contribution in [2.45, 2.75) is 38.7 Å². The van der Waals surface area contributed by atoms with Crippen LogP contribution in [0.1, 0.15) is 33.1 Å². The monoisotopic (exact) mass is 258 g/mol. The van der Waals surface area contributed by atoms with Gasteiger partial charge < -0.3 is 20.4 Å². The van der Waals surface area contributed by atoms with Gasteiger partial charge in [-0.05, 0) is 26.2 Å². The summed E-state index contributed by atoms with van der Waals surface area (Å²) in [5, 5.41) is 21.3. The average Bonchev–Trinajstić information content (AvgIpc) is 2.27. The number of carbonyl (C=O) groups excluding carboxylic acids is 1. The SMILES string of the molecule is CC(CCNC(=O)N1CCCC(C)(O)C1)C(=O)O. The van der Waals surface area contributed by atoms with Crippen LogP contribution in [0, 0.1) is 5.92 Å². The zero-order valence-electron chi connectivity index (χ0n) is 11.0. The third kappa shape index (κ3) is 4.52. The highest BCUT2D eigenvalue weighted by atomic mass is 16.4. The summed E-state index contributed by atoms with van der Waals surface area (Å²) in [6.07, 6.45) is 1.89. The Morgan fingerprint density at radius 3 is 2.72 bits per heavy atom. The van der Waals surface area contributed by atoms with E-state index in [1.165, 1.54) is 0 Å². The van der Waals surface area contributed by atoms with Gasteiger partial charge in [-0.25, -0.2) is 4.79 Å². The van der Waals surface area contributed by atoms with Crippen LogP contribution in [0.15, 0.2) is 0 Å². The van der Waals surface area contributed by atoms with Crippen LogP contribution in [-0.2, 0) is 4.79 Å². The maximum absolute atomic E-state index is 11.8. The zero-order valence-corrected chi connectivity index (χ0v) is 11.0. The normalized spacial score (nSPS) is 25.6. The van der Waals surface area contributed by atoms with Gasteiger partial charge in [-0.3, -0.25) is 4.79 Å². The number of aliphatic hydroxyl groups is 1. The number of hydrogen-bond acceptors (Lipinski definition) is 3. The first-order valence-electron chi connectivity index (χ1n) is 6.30. The zero-order chi connectivity index (χ0) is 13.8. The topological polar surface area (TPSA) is 89.9 Å². The summed E-state index contributed by atoms with van der Waals surface area (Å²) in [7, 11) is 0. The fourth-order valence-corrected chi connectivity index (χ4v) is 2.02. The van der Waals surface area contributed by atoms with Crippen molar-refractivity contribution >= 4 is 12.0 Å². The number of carboxylic acids is 1. The lowest BCUT2D eigenvalue weighted by Crippen LogP contribution is -2.52. The molecule has 0 aliphatic carbocycles. The third-order valence-electron chi connectivity index (χ3n) is 3.24. The van der Waals surface area contributed by atoms with Gasteiger partial charge >= 0.3 is 12.0 Å². The molecule has 0 spiro atoms. The summed E-state index contributed by atoms with van der Waals surface area (Å²) in [4.78, 5) is 24.0. The van der Waals surface area contributed by atoms with Gasteiger partial charge in [0.15, 0.2) is 0 Å². The van der Waals surface area contributed by atoms with Crippen molar-refractivity contribution in [1.29, 1.82) is 0 Å². The Bertz CT molecular complexity index is 317. The van der Waals surface area contributed by atoms with E-state index in [-0.39, 0.29) is 6.03 Å². The Morgan fingerprint density at radius 2 is 2.17 bits per heavy atom. The highest BCUT2D eigenvalue weighted by molar-refractivity contribution is 5.74. The molecule has 104 valence electrons. The molecule has 1 aliphatic rings. The molecule has 2 atom stereocenters. The Kier molecular flexibility index (Phi) is 4.95. The van der Waals surface area contributed by atoms with Crippen molar-refractivity contribution in [2.24, 2.45) is 5.92 Å². The number of likely N-dealkylation sites (tertiary alicyclic amines) is 1. The van der Waals surface area contributed by atoms with Crippen LogP contribution in [0.4, 0.5) is 4.79 Å². The maximum atomic E-state index is 11.8. The van der Waals surface area contributed by atoms with Crippen LogP contribution in [0.2, 0.25) is 0 Å². The quantitative estimate of drug-likeness (QED) is 0.690. The van der Waals surface area contributed by atoms with E-state index < -0.39 is 17.5 Å². The van der Waals surface area contributed by atoms with Crippen molar-refractivity contribution in [3.63, 3.8) is 0 Å². The van der Waals surface area contributed by atoms with Crippen LogP contribution >= 0.6 is 0 Å². The molecule has 0 saturated carbocycles. The largest absolute Gasteiger partial charge is 0.481 e. The third-order valence-corrected chi connectivity index (χ3v) is 3.24. The molecule has 3 N–H and O–H groups in total. The summed E-state index contributed by atoms with van der Waals surface area (Å²) in [6.45, 7) is 4.63. The number of β-amino-alcohol motifs (C(OH)–C–C–N with tert-alkyl or cyclic N) is 1. The molecular formula is C12H22N2O4. The van der Waals surface area contributed by atoms with Crippen molar-refractivity contribution in [3.8, 4) is 0 Å². The van der Waals surface area contributed by atoms with Gasteiger partial charge in [0.2, 0.25) is 0 Å². The molecule has 0 aromatic heterocycles. The van der Waals surface area contributed by atoms with Crippen LogP contribution in [0.3, 0.4) is 0 Å². The van der Waals surface area contributed by atoms with Gasteiger partial charge in [-0.1, -0.05) is 6.92 Å². The first kappa shape index (κ1) is 14.8. The lowest BCUT2D eigenvalue weighted by Gasteiger charge is -2.36. The highest BCUT2D eigenvalue weighted by Gasteiger charge is 2.30. The summed E-state index contributed by atoms with van der Waals surface area (Å²) in [5.74, 6) is -1.32. The van der Waals surface area contributed by atoms with Crippen LogP contribution < -0.4 is 5.32 Å². The second kappa shape index (κ2) is 6.04. The summed E-state index contributed by atoms with van der Waals surface area (Å²) < 4.78 is 0. The predicted molar refractivity (Wildman–Crippen MR) is 66.2 cm³/mol. The van der Waals surface area contributed by atoms with E-state index >= 15 is 0 Å². The number of urea groups is 1. The number of piperidine rings is 1. The standard InChI is InChI=1S/C12H22N2O4/c1-9(10(15)16)4-6-13-11(17)14-7-3-5-12(2,18)8-14/h9,18H,3-8H2,1-2H3,(H,13,17)(H,15,16). The minimum Gasteiger partial charge on any atom is -0.481 e. The molecule has 1 aliphatic heterocycles. The fraction of sp³-hybridized carbons (Fsp3) is 0.833. The number of nitrogens with zero attached hydrogens (tertiary/aromatic N) is 1. The second-order valence-corrected chi connectivity index (χ2v) is 5.28. The van der Waals surface area contributed by atoms with Gasteiger partial charge in [0.1, 0.15) is 0 Å². The van der Waals surface area contributed by atoms with Crippen LogP contribution in [-0.4, -0.2) is 52.3 Å². The number of carboxylic acid groups (broad SMARTS) is 1. The molecule has 0 bridgehead atoms. The number of amides is 2. The van der Waals surface area contributed by atoms with Crippen molar-refractivity contribution < 1.29 is 19.8 Å². The molecule has 6 heteroatoms. The number of aliphatic carboxylic acids is 1. The first-order chi connectivity index (χ1) is 8.32. The van der Waals surface area contributed by atoms with Gasteiger partial charge in [-0.2, -0.15) is 0 Å². The smallest absolute Gasteiger partial charge is 0.317 e. The molecule has 2 unspecified atom stereocenters. The lowest BCUT2D eigenvalue weighted by molar-refractivity contribution is -0.141. The van der Waals surface area contributed by atoms with Gasteiger partial charge in [0.05, 0.1) is 18.1 Å². The van der Waals surface area contributed by atoms with Crippen molar-refractivity contribution in [2.75, 3.05) is 19.6 Å². The van der Waals surface area contributed by atoms with E-state index in [2.05, 4.69) is 5.32 Å². The molecule has 18 heavy (non-hydrogen) atoms. The first-order valence-corrected chi connectivity index (χ1v) is 6.30. The van der Waals surface area contributed by atoms with E-state index in [0.717, 1.165) is 6.42 Å². The molecule has 1 fully saturated rings. The van der Waals surface area contributed by atoms with Gasteiger partial charge in [0, 0.05) is 13.1 Å². The molecule has 6 nitrogen and oxygen atoms in total. The van der Waals surface area contributed by atoms with E-state index in [4.69, 9.17) is 5.11 Å². The number of rotatable bonds is 4. The predicted octanol–water partition coefficient (Wildman–Crippen LogP) is 0.654. The van der Waals surface area contributed by atoms with Crippen molar-refractivity contribution in [3.05, 3.63) is 0 Å². The van der Waals surface area contributed by atoms with E-state index in [9.17, 15) is 14.7 Å². The maximum Gasteiger partial charge on any atom is 0.317 e. The van der Waals surface area contributed by atoms with Crippen molar-refractivity contribution in [1.82, 2.24) is 10.2 Å². The second-order valence-electron chi connectivity index (χ2n) is 5.28. The van der Waals surface area contributed by atoms with E-state index in [1.54, 1.807) is 18.7 Å². The Labute approximate surface area is 107 Å². The highest BCUT2D eigenvalue weighted by Crippen LogP contribution is 2.20. The Morgan fingerprint density at radius 1 is 1.50 bits per heavy atom. The molecule has 1 saturated heterocycles. The molecular weight excluding hydrogens is 236 g/mol. The molecule has 1 rings (SSSR count). The summed E-state index contributed by atoms with van der Waals surface area (Å²) in [5.41, 5.74) is -0.816.